The van der Waals surface area contributed by atoms with Gasteiger partial charge in [-0.25, -0.2) is 0 Å². The van der Waals surface area contributed by atoms with Crippen molar-refractivity contribution >= 4 is 37.8 Å². The molecule has 2 heterocycles. The molecule has 0 radical (unpaired) electrons. The molecule has 2 aromatic carbocycles. The van der Waals surface area contributed by atoms with E-state index in [2.05, 4.69) is 41.8 Å². The molecular formula is C17H16N2OS. The van der Waals surface area contributed by atoms with Gasteiger partial charge in [0.25, 0.3) is 0 Å². The maximum absolute atomic E-state index is 10.3. The molecule has 106 valence electrons. The Morgan fingerprint density at radius 3 is 2.81 bits per heavy atom. The summed E-state index contributed by atoms with van der Waals surface area (Å²) in [6.45, 7) is 4.80. The molecule has 3 aromatic rings. The van der Waals surface area contributed by atoms with Crippen molar-refractivity contribution in [3.05, 3.63) is 47.0 Å². The van der Waals surface area contributed by atoms with Gasteiger partial charge in [0.2, 0.25) is 0 Å². The van der Waals surface area contributed by atoms with Crippen molar-refractivity contribution in [1.82, 2.24) is 0 Å². The van der Waals surface area contributed by atoms with E-state index in [1.807, 2.05) is 13.0 Å². The lowest BCUT2D eigenvalue weighted by Gasteiger charge is -2.09. The number of hydrogen-bond acceptors (Lipinski definition) is 4. The zero-order valence-corrected chi connectivity index (χ0v) is 12.8. The quantitative estimate of drug-likeness (QED) is 0.553. The van der Waals surface area contributed by atoms with E-state index >= 15 is 0 Å². The number of rotatable bonds is 0. The van der Waals surface area contributed by atoms with Crippen LogP contribution in [0.15, 0.2) is 30.3 Å². The molecule has 4 rings (SSSR count). The van der Waals surface area contributed by atoms with Gasteiger partial charge in [0.15, 0.2) is 0 Å². The minimum atomic E-state index is 0.400. The van der Waals surface area contributed by atoms with Crippen LogP contribution in [0, 0.1) is 13.8 Å². The van der Waals surface area contributed by atoms with Gasteiger partial charge in [-0.1, -0.05) is 18.2 Å². The lowest BCUT2D eigenvalue weighted by molar-refractivity contribution is 0.478. The van der Waals surface area contributed by atoms with Crippen LogP contribution in [0.4, 0.5) is 16.4 Å². The average molecular weight is 296 g/mol. The van der Waals surface area contributed by atoms with Gasteiger partial charge in [0.05, 0.1) is 21.1 Å². The van der Waals surface area contributed by atoms with Crippen LogP contribution in [0.5, 0.6) is 5.75 Å². The van der Waals surface area contributed by atoms with Gasteiger partial charge in [-0.05, 0) is 37.1 Å². The standard InChI is InChI=1S/C17H16N2OS/c1-9-3-6-13-14(7-9)18-8-12-11-5-4-10(2)15(20)16(11)21-17(12)19-13/h3-7,18-20H,8H2,1-2H3. The first-order valence-corrected chi connectivity index (χ1v) is 7.80. The van der Waals surface area contributed by atoms with Crippen molar-refractivity contribution < 1.29 is 5.11 Å². The van der Waals surface area contributed by atoms with Gasteiger partial charge in [-0.15, -0.1) is 11.3 Å². The second-order valence-electron chi connectivity index (χ2n) is 5.55. The van der Waals surface area contributed by atoms with Crippen LogP contribution in [0.25, 0.3) is 10.1 Å². The molecule has 0 atom stereocenters. The van der Waals surface area contributed by atoms with E-state index in [4.69, 9.17) is 0 Å². The summed E-state index contributed by atoms with van der Waals surface area (Å²) in [6.07, 6.45) is 0. The van der Waals surface area contributed by atoms with Crippen LogP contribution in [-0.2, 0) is 6.54 Å². The highest BCUT2D eigenvalue weighted by Gasteiger charge is 2.19. The molecule has 21 heavy (non-hydrogen) atoms. The number of fused-ring (bicyclic) bond motifs is 4. The molecule has 0 bridgehead atoms. The molecule has 0 amide bonds. The second-order valence-corrected chi connectivity index (χ2v) is 6.57. The zero-order chi connectivity index (χ0) is 14.6. The molecule has 0 unspecified atom stereocenters. The molecule has 0 saturated heterocycles. The third kappa shape index (κ3) is 1.87. The monoisotopic (exact) mass is 296 g/mol. The Labute approximate surface area is 127 Å². The molecule has 0 fully saturated rings. The number of anilines is 3. The maximum atomic E-state index is 10.3. The van der Waals surface area contributed by atoms with Crippen LogP contribution >= 0.6 is 11.3 Å². The Hall–Kier alpha value is -2.20. The highest BCUT2D eigenvalue weighted by Crippen LogP contribution is 2.45. The van der Waals surface area contributed by atoms with Crippen LogP contribution in [-0.4, -0.2) is 5.11 Å². The SMILES string of the molecule is Cc1ccc2c(c1)NCc1c(sc3c(O)c(C)ccc13)N2. The summed E-state index contributed by atoms with van der Waals surface area (Å²) >= 11 is 1.62. The van der Waals surface area contributed by atoms with E-state index in [0.29, 0.717) is 5.75 Å². The molecule has 0 aliphatic carbocycles. The van der Waals surface area contributed by atoms with Crippen molar-refractivity contribution in [3.63, 3.8) is 0 Å². The number of thiophene rings is 1. The summed E-state index contributed by atoms with van der Waals surface area (Å²) in [5.41, 5.74) is 5.60. The minimum Gasteiger partial charge on any atom is -0.506 e. The Bertz CT molecular complexity index is 867. The average Bonchev–Trinajstić information content (AvgIpc) is 2.71. The number of phenols is 1. The topological polar surface area (TPSA) is 44.3 Å². The van der Waals surface area contributed by atoms with E-state index in [0.717, 1.165) is 38.6 Å². The summed E-state index contributed by atoms with van der Waals surface area (Å²) < 4.78 is 0.963. The molecule has 0 saturated carbocycles. The first kappa shape index (κ1) is 12.5. The predicted molar refractivity (Wildman–Crippen MR) is 90.0 cm³/mol. The smallest absolute Gasteiger partial charge is 0.136 e. The maximum Gasteiger partial charge on any atom is 0.136 e. The lowest BCUT2D eigenvalue weighted by atomic mass is 10.1. The number of hydrogen-bond donors (Lipinski definition) is 3. The van der Waals surface area contributed by atoms with E-state index in [1.165, 1.54) is 11.1 Å². The Balaban J connectivity index is 1.91. The molecule has 3 nitrogen and oxygen atoms in total. The van der Waals surface area contributed by atoms with E-state index < -0.39 is 0 Å². The van der Waals surface area contributed by atoms with Crippen molar-refractivity contribution in [1.29, 1.82) is 0 Å². The van der Waals surface area contributed by atoms with Gasteiger partial charge < -0.3 is 15.7 Å². The Kier molecular flexibility index (Phi) is 2.62. The normalized spacial score (nSPS) is 13.0. The number of aryl methyl sites for hydroxylation is 2. The number of benzene rings is 2. The minimum absolute atomic E-state index is 0.400. The second kappa shape index (κ2) is 4.40. The first-order chi connectivity index (χ1) is 10.1. The van der Waals surface area contributed by atoms with Gasteiger partial charge in [-0.2, -0.15) is 0 Å². The molecule has 0 spiro atoms. The van der Waals surface area contributed by atoms with Gasteiger partial charge >= 0.3 is 0 Å². The molecule has 1 aliphatic heterocycles. The van der Waals surface area contributed by atoms with E-state index in [9.17, 15) is 5.11 Å². The molecule has 4 heteroatoms. The van der Waals surface area contributed by atoms with Crippen molar-refractivity contribution in [3.8, 4) is 5.75 Å². The fourth-order valence-electron chi connectivity index (χ4n) is 2.79. The number of phenolic OH excluding ortho intramolecular Hbond substituents is 1. The summed E-state index contributed by atoms with van der Waals surface area (Å²) in [5.74, 6) is 0.400. The van der Waals surface area contributed by atoms with Gasteiger partial charge in [0.1, 0.15) is 5.75 Å². The predicted octanol–water partition coefficient (Wildman–Crippen LogP) is 4.89. The largest absolute Gasteiger partial charge is 0.506 e. The summed E-state index contributed by atoms with van der Waals surface area (Å²) in [6, 6.07) is 10.4. The molecule has 3 N–H and O–H groups in total. The van der Waals surface area contributed by atoms with E-state index in [1.54, 1.807) is 11.3 Å². The van der Waals surface area contributed by atoms with Crippen LogP contribution in [0.2, 0.25) is 0 Å². The molecule has 1 aromatic heterocycles. The number of aromatic hydroxyl groups is 1. The third-order valence-corrected chi connectivity index (χ3v) is 5.19. The Morgan fingerprint density at radius 1 is 1.10 bits per heavy atom. The van der Waals surface area contributed by atoms with Crippen molar-refractivity contribution in [2.45, 2.75) is 20.4 Å². The summed E-state index contributed by atoms with van der Waals surface area (Å²) in [7, 11) is 0. The van der Waals surface area contributed by atoms with E-state index in [-0.39, 0.29) is 0 Å². The summed E-state index contributed by atoms with van der Waals surface area (Å²) in [4.78, 5) is 0. The van der Waals surface area contributed by atoms with Crippen LogP contribution in [0.1, 0.15) is 16.7 Å². The fraction of sp³-hybridized carbons (Fsp3) is 0.176. The van der Waals surface area contributed by atoms with Crippen molar-refractivity contribution in [2.75, 3.05) is 10.6 Å². The van der Waals surface area contributed by atoms with Crippen molar-refractivity contribution in [2.24, 2.45) is 0 Å². The van der Waals surface area contributed by atoms with Crippen LogP contribution in [0.3, 0.4) is 0 Å². The highest BCUT2D eigenvalue weighted by molar-refractivity contribution is 7.23. The van der Waals surface area contributed by atoms with Gasteiger partial charge in [0, 0.05) is 17.5 Å². The summed E-state index contributed by atoms with van der Waals surface area (Å²) in [5, 5.41) is 19.5. The van der Waals surface area contributed by atoms with Gasteiger partial charge in [-0.3, -0.25) is 0 Å². The molecule has 1 aliphatic rings. The third-order valence-electron chi connectivity index (χ3n) is 4.02. The lowest BCUT2D eigenvalue weighted by Crippen LogP contribution is -1.97. The first-order valence-electron chi connectivity index (χ1n) is 6.99. The number of nitrogens with one attached hydrogen (secondary N) is 2. The Morgan fingerprint density at radius 2 is 1.95 bits per heavy atom. The zero-order valence-electron chi connectivity index (χ0n) is 11.9. The fourth-order valence-corrected chi connectivity index (χ4v) is 4.02. The highest BCUT2D eigenvalue weighted by atomic mass is 32.1. The van der Waals surface area contributed by atoms with Crippen LogP contribution < -0.4 is 10.6 Å². The molecular weight excluding hydrogens is 280 g/mol.